The van der Waals surface area contributed by atoms with Crippen LogP contribution in [0.4, 0.5) is 0 Å². The van der Waals surface area contributed by atoms with Crippen molar-refractivity contribution in [3.8, 4) is 0 Å². The van der Waals surface area contributed by atoms with Crippen molar-refractivity contribution in [2.24, 2.45) is 5.92 Å². The molecule has 0 aliphatic carbocycles. The van der Waals surface area contributed by atoms with Crippen LogP contribution in [0.3, 0.4) is 0 Å². The Kier molecular flexibility index (Phi) is 5.73. The van der Waals surface area contributed by atoms with Gasteiger partial charge in [0.15, 0.2) is 0 Å². The van der Waals surface area contributed by atoms with Gasteiger partial charge in [-0.3, -0.25) is 4.90 Å². The molecule has 0 amide bonds. The SMILES string of the molecule is CCC(COC)N1CCC(NC)C(C)C1C. The summed E-state index contributed by atoms with van der Waals surface area (Å²) in [5.41, 5.74) is 0. The molecule has 0 aromatic carbocycles. The van der Waals surface area contributed by atoms with Gasteiger partial charge in [0, 0.05) is 31.8 Å². The monoisotopic (exact) mass is 228 g/mol. The van der Waals surface area contributed by atoms with Crippen molar-refractivity contribution in [1.82, 2.24) is 10.2 Å². The predicted molar refractivity (Wildman–Crippen MR) is 68.8 cm³/mol. The molecule has 16 heavy (non-hydrogen) atoms. The topological polar surface area (TPSA) is 24.5 Å². The molecule has 0 radical (unpaired) electrons. The maximum atomic E-state index is 5.33. The van der Waals surface area contributed by atoms with Gasteiger partial charge < -0.3 is 10.1 Å². The normalized spacial score (nSPS) is 33.9. The van der Waals surface area contributed by atoms with Crippen molar-refractivity contribution in [2.45, 2.75) is 51.7 Å². The van der Waals surface area contributed by atoms with Crippen molar-refractivity contribution >= 4 is 0 Å². The smallest absolute Gasteiger partial charge is 0.0618 e. The third-order valence-electron chi connectivity index (χ3n) is 4.29. The van der Waals surface area contributed by atoms with Crippen LogP contribution in [0.2, 0.25) is 0 Å². The zero-order chi connectivity index (χ0) is 12.1. The summed E-state index contributed by atoms with van der Waals surface area (Å²) in [6, 6.07) is 1.90. The highest BCUT2D eigenvalue weighted by Gasteiger charge is 2.34. The molecule has 0 saturated carbocycles. The Bertz CT molecular complexity index is 198. The van der Waals surface area contributed by atoms with E-state index in [2.05, 4.69) is 38.0 Å². The van der Waals surface area contributed by atoms with Gasteiger partial charge in [0.2, 0.25) is 0 Å². The van der Waals surface area contributed by atoms with Gasteiger partial charge in [0.1, 0.15) is 0 Å². The molecule has 0 spiro atoms. The fourth-order valence-corrected chi connectivity index (χ4v) is 2.96. The van der Waals surface area contributed by atoms with Gasteiger partial charge in [0.25, 0.3) is 0 Å². The van der Waals surface area contributed by atoms with E-state index in [9.17, 15) is 0 Å². The molecule has 1 heterocycles. The first-order valence-electron chi connectivity index (χ1n) is 6.57. The minimum atomic E-state index is 0.584. The molecule has 1 rings (SSSR count). The van der Waals surface area contributed by atoms with Gasteiger partial charge in [-0.2, -0.15) is 0 Å². The summed E-state index contributed by atoms with van der Waals surface area (Å²) in [7, 11) is 3.88. The summed E-state index contributed by atoms with van der Waals surface area (Å²) >= 11 is 0. The van der Waals surface area contributed by atoms with Crippen LogP contribution in [0.15, 0.2) is 0 Å². The summed E-state index contributed by atoms with van der Waals surface area (Å²) in [4.78, 5) is 2.63. The average Bonchev–Trinajstić information content (AvgIpc) is 2.30. The van der Waals surface area contributed by atoms with Crippen molar-refractivity contribution in [3.63, 3.8) is 0 Å². The first kappa shape index (κ1) is 13.9. The van der Waals surface area contributed by atoms with Gasteiger partial charge >= 0.3 is 0 Å². The Balaban J connectivity index is 2.61. The van der Waals surface area contributed by atoms with Crippen LogP contribution in [0.5, 0.6) is 0 Å². The molecule has 96 valence electrons. The fourth-order valence-electron chi connectivity index (χ4n) is 2.96. The lowest BCUT2D eigenvalue weighted by Gasteiger charge is -2.46. The van der Waals surface area contributed by atoms with E-state index in [1.54, 1.807) is 7.11 Å². The molecule has 0 aromatic heterocycles. The zero-order valence-corrected chi connectivity index (χ0v) is 11.5. The molecule has 1 saturated heterocycles. The maximum Gasteiger partial charge on any atom is 0.0618 e. The molecule has 1 fully saturated rings. The van der Waals surface area contributed by atoms with Crippen LogP contribution in [0.25, 0.3) is 0 Å². The molecule has 0 aromatic rings. The fraction of sp³-hybridized carbons (Fsp3) is 1.00. The van der Waals surface area contributed by atoms with Crippen LogP contribution in [-0.4, -0.2) is 50.3 Å². The second-order valence-electron chi connectivity index (χ2n) is 5.04. The Labute approximate surface area is 101 Å². The minimum absolute atomic E-state index is 0.584. The number of rotatable bonds is 5. The van der Waals surface area contributed by atoms with E-state index in [1.165, 1.54) is 19.4 Å². The second-order valence-corrected chi connectivity index (χ2v) is 5.04. The quantitative estimate of drug-likeness (QED) is 0.775. The van der Waals surface area contributed by atoms with Crippen LogP contribution >= 0.6 is 0 Å². The molecule has 3 nitrogen and oxygen atoms in total. The lowest BCUT2D eigenvalue weighted by Crippen LogP contribution is -2.56. The molecule has 1 aliphatic rings. The van der Waals surface area contributed by atoms with Crippen molar-refractivity contribution in [3.05, 3.63) is 0 Å². The molecule has 1 N–H and O–H groups in total. The standard InChI is InChI=1S/C13H28N2O/c1-6-12(9-16-5)15-8-7-13(14-4)10(2)11(15)3/h10-14H,6-9H2,1-5H3. The van der Waals surface area contributed by atoms with Gasteiger partial charge in [0.05, 0.1) is 6.61 Å². The summed E-state index contributed by atoms with van der Waals surface area (Å²) in [6.45, 7) is 9.02. The summed E-state index contributed by atoms with van der Waals surface area (Å²) in [5.74, 6) is 0.713. The number of hydrogen-bond donors (Lipinski definition) is 1. The molecule has 0 bridgehead atoms. The Morgan fingerprint density at radius 3 is 2.62 bits per heavy atom. The number of piperidine rings is 1. The first-order chi connectivity index (χ1) is 7.65. The van der Waals surface area contributed by atoms with E-state index in [4.69, 9.17) is 4.74 Å². The van der Waals surface area contributed by atoms with Crippen molar-refractivity contribution < 1.29 is 4.74 Å². The number of hydrogen-bond acceptors (Lipinski definition) is 3. The van der Waals surface area contributed by atoms with Gasteiger partial charge in [-0.1, -0.05) is 13.8 Å². The molecule has 4 atom stereocenters. The number of nitrogens with one attached hydrogen (secondary N) is 1. The zero-order valence-electron chi connectivity index (χ0n) is 11.5. The number of methoxy groups -OCH3 is 1. The number of nitrogens with zero attached hydrogens (tertiary/aromatic N) is 1. The number of likely N-dealkylation sites (tertiary alicyclic amines) is 1. The highest BCUT2D eigenvalue weighted by atomic mass is 16.5. The van der Waals surface area contributed by atoms with Crippen LogP contribution < -0.4 is 5.32 Å². The highest BCUT2D eigenvalue weighted by Crippen LogP contribution is 2.26. The molecular weight excluding hydrogens is 200 g/mol. The van der Waals surface area contributed by atoms with E-state index in [1.807, 2.05) is 0 Å². The van der Waals surface area contributed by atoms with Crippen LogP contribution in [0.1, 0.15) is 33.6 Å². The lowest BCUT2D eigenvalue weighted by molar-refractivity contribution is 0.0116. The van der Waals surface area contributed by atoms with E-state index < -0.39 is 0 Å². The van der Waals surface area contributed by atoms with Crippen molar-refractivity contribution in [2.75, 3.05) is 27.3 Å². The number of ether oxygens (including phenoxy) is 1. The average molecular weight is 228 g/mol. The third-order valence-corrected chi connectivity index (χ3v) is 4.29. The summed E-state index contributed by atoms with van der Waals surface area (Å²) < 4.78 is 5.33. The van der Waals surface area contributed by atoms with Crippen LogP contribution in [0, 0.1) is 5.92 Å². The highest BCUT2D eigenvalue weighted by molar-refractivity contribution is 4.90. The third kappa shape index (κ3) is 2.96. The lowest BCUT2D eigenvalue weighted by atomic mass is 9.86. The van der Waals surface area contributed by atoms with E-state index in [0.29, 0.717) is 24.0 Å². The molecule has 1 aliphatic heterocycles. The van der Waals surface area contributed by atoms with Gasteiger partial charge in [-0.25, -0.2) is 0 Å². The van der Waals surface area contributed by atoms with Gasteiger partial charge in [-0.15, -0.1) is 0 Å². The summed E-state index contributed by atoms with van der Waals surface area (Å²) in [6.07, 6.45) is 2.43. The summed E-state index contributed by atoms with van der Waals surface area (Å²) in [5, 5.41) is 3.44. The van der Waals surface area contributed by atoms with Crippen molar-refractivity contribution in [1.29, 1.82) is 0 Å². The van der Waals surface area contributed by atoms with E-state index >= 15 is 0 Å². The molecular formula is C13H28N2O. The van der Waals surface area contributed by atoms with E-state index in [-0.39, 0.29) is 0 Å². The van der Waals surface area contributed by atoms with Gasteiger partial charge in [-0.05, 0) is 32.7 Å². The molecule has 4 unspecified atom stereocenters. The largest absolute Gasteiger partial charge is 0.383 e. The Morgan fingerprint density at radius 1 is 1.44 bits per heavy atom. The van der Waals surface area contributed by atoms with E-state index in [0.717, 1.165) is 6.61 Å². The Hall–Kier alpha value is -0.120. The predicted octanol–water partition coefficient (Wildman–Crippen LogP) is 1.73. The second kappa shape index (κ2) is 6.58. The first-order valence-corrected chi connectivity index (χ1v) is 6.57. The minimum Gasteiger partial charge on any atom is -0.383 e. The maximum absolute atomic E-state index is 5.33. The molecule has 3 heteroatoms. The van der Waals surface area contributed by atoms with Crippen LogP contribution in [-0.2, 0) is 4.74 Å². The Morgan fingerprint density at radius 2 is 2.12 bits per heavy atom.